The van der Waals surface area contributed by atoms with Gasteiger partial charge < -0.3 is 15.5 Å². The second-order valence-corrected chi connectivity index (χ2v) is 6.07. The smallest absolute Gasteiger partial charge is 0.315 e. The van der Waals surface area contributed by atoms with Crippen LogP contribution in [-0.4, -0.2) is 36.0 Å². The molecule has 5 nitrogen and oxygen atoms in total. The third kappa shape index (κ3) is 5.93. The van der Waals surface area contributed by atoms with E-state index in [0.29, 0.717) is 13.0 Å². The Morgan fingerprint density at radius 2 is 1.87 bits per heavy atom. The molecule has 0 saturated carbocycles. The summed E-state index contributed by atoms with van der Waals surface area (Å²) in [4.78, 5) is 25.8. The fraction of sp³-hybridized carbons (Fsp3) is 0.556. The van der Waals surface area contributed by atoms with Gasteiger partial charge in [0, 0.05) is 32.1 Å². The molecule has 23 heavy (non-hydrogen) atoms. The summed E-state index contributed by atoms with van der Waals surface area (Å²) < 4.78 is 0. The molecule has 2 rings (SSSR count). The topological polar surface area (TPSA) is 61.4 Å². The lowest BCUT2D eigenvalue weighted by Crippen LogP contribution is -2.49. The van der Waals surface area contributed by atoms with Crippen LogP contribution in [0.3, 0.4) is 0 Å². The number of carbonyl (C=O) groups excluding carboxylic acids is 2. The molecule has 0 aliphatic carbocycles. The number of likely N-dealkylation sites (tertiary alicyclic amines) is 1. The number of unbranched alkanes of at least 4 members (excludes halogenated alkanes) is 1. The van der Waals surface area contributed by atoms with Crippen LogP contribution >= 0.6 is 0 Å². The zero-order valence-electron chi connectivity index (χ0n) is 13.9. The lowest BCUT2D eigenvalue weighted by Gasteiger charge is -2.32. The average molecular weight is 317 g/mol. The molecule has 126 valence electrons. The summed E-state index contributed by atoms with van der Waals surface area (Å²) in [7, 11) is 0. The highest BCUT2D eigenvalue weighted by atomic mass is 16.2. The third-order valence-electron chi connectivity index (χ3n) is 4.22. The van der Waals surface area contributed by atoms with Crippen LogP contribution in [0, 0.1) is 0 Å². The summed E-state index contributed by atoms with van der Waals surface area (Å²) >= 11 is 0. The lowest BCUT2D eigenvalue weighted by molar-refractivity contribution is -0.132. The van der Waals surface area contributed by atoms with Crippen LogP contribution in [0.2, 0.25) is 0 Å². The van der Waals surface area contributed by atoms with Crippen LogP contribution in [0.4, 0.5) is 4.79 Å². The van der Waals surface area contributed by atoms with Crippen molar-refractivity contribution in [1.82, 2.24) is 15.5 Å². The van der Waals surface area contributed by atoms with E-state index >= 15 is 0 Å². The molecular formula is C18H27N3O2. The van der Waals surface area contributed by atoms with Crippen molar-refractivity contribution < 1.29 is 9.59 Å². The molecule has 1 fully saturated rings. The van der Waals surface area contributed by atoms with Crippen molar-refractivity contribution >= 4 is 11.9 Å². The Bertz CT molecular complexity index is 496. The molecule has 0 bridgehead atoms. The number of nitrogens with one attached hydrogen (secondary N) is 2. The van der Waals surface area contributed by atoms with Crippen molar-refractivity contribution in [3.8, 4) is 0 Å². The maximum absolute atomic E-state index is 12.0. The molecule has 0 aromatic heterocycles. The Hall–Kier alpha value is -2.04. The molecule has 1 aromatic rings. The average Bonchev–Trinajstić information content (AvgIpc) is 2.59. The standard InChI is InChI=1S/C18H27N3O2/c1-2-3-9-17(22)21-12-10-16(11-13-21)20-18(23)19-14-15-7-5-4-6-8-15/h4-8,16H,2-3,9-14H2,1H3,(H2,19,20,23). The van der Waals surface area contributed by atoms with E-state index in [1.165, 1.54) is 0 Å². The molecule has 0 unspecified atom stereocenters. The minimum absolute atomic E-state index is 0.135. The first-order valence-electron chi connectivity index (χ1n) is 8.55. The highest BCUT2D eigenvalue weighted by molar-refractivity contribution is 5.76. The summed E-state index contributed by atoms with van der Waals surface area (Å²) in [6.07, 6.45) is 4.31. The molecule has 0 radical (unpaired) electrons. The van der Waals surface area contributed by atoms with Gasteiger partial charge in [-0.25, -0.2) is 4.79 Å². The second kappa shape index (κ2) is 9.18. The van der Waals surface area contributed by atoms with E-state index < -0.39 is 0 Å². The molecule has 0 spiro atoms. The van der Waals surface area contributed by atoms with Crippen LogP contribution in [0.1, 0.15) is 44.6 Å². The van der Waals surface area contributed by atoms with Crippen molar-refractivity contribution in [2.45, 2.75) is 51.6 Å². The molecule has 1 heterocycles. The summed E-state index contributed by atoms with van der Waals surface area (Å²) in [6, 6.07) is 9.87. The predicted molar refractivity (Wildman–Crippen MR) is 90.9 cm³/mol. The van der Waals surface area contributed by atoms with Crippen molar-refractivity contribution in [3.05, 3.63) is 35.9 Å². The van der Waals surface area contributed by atoms with E-state index in [1.54, 1.807) is 0 Å². The number of rotatable bonds is 6. The number of hydrogen-bond acceptors (Lipinski definition) is 2. The lowest BCUT2D eigenvalue weighted by atomic mass is 10.0. The number of hydrogen-bond donors (Lipinski definition) is 2. The van der Waals surface area contributed by atoms with Crippen molar-refractivity contribution in [2.24, 2.45) is 0 Å². The highest BCUT2D eigenvalue weighted by Crippen LogP contribution is 2.12. The van der Waals surface area contributed by atoms with Crippen molar-refractivity contribution in [3.63, 3.8) is 0 Å². The second-order valence-electron chi connectivity index (χ2n) is 6.07. The van der Waals surface area contributed by atoms with Gasteiger partial charge >= 0.3 is 6.03 Å². The number of piperidine rings is 1. The Morgan fingerprint density at radius 1 is 1.17 bits per heavy atom. The normalized spacial score (nSPS) is 15.3. The SMILES string of the molecule is CCCCC(=O)N1CCC(NC(=O)NCc2ccccc2)CC1. The monoisotopic (exact) mass is 317 g/mol. The summed E-state index contributed by atoms with van der Waals surface area (Å²) in [5.41, 5.74) is 1.08. The van der Waals surface area contributed by atoms with E-state index in [9.17, 15) is 9.59 Å². The summed E-state index contributed by atoms with van der Waals surface area (Å²) in [6.45, 7) is 4.11. The highest BCUT2D eigenvalue weighted by Gasteiger charge is 2.23. The van der Waals surface area contributed by atoms with Crippen molar-refractivity contribution in [2.75, 3.05) is 13.1 Å². The number of nitrogens with zero attached hydrogens (tertiary/aromatic N) is 1. The molecule has 0 atom stereocenters. The molecule has 1 saturated heterocycles. The molecule has 1 aromatic carbocycles. The first kappa shape index (κ1) is 17.3. The minimum Gasteiger partial charge on any atom is -0.343 e. The maximum Gasteiger partial charge on any atom is 0.315 e. The van der Waals surface area contributed by atoms with Gasteiger partial charge in [-0.2, -0.15) is 0 Å². The number of carbonyl (C=O) groups is 2. The third-order valence-corrected chi connectivity index (χ3v) is 4.22. The van der Waals surface area contributed by atoms with Gasteiger partial charge in [-0.3, -0.25) is 4.79 Å². The zero-order chi connectivity index (χ0) is 16.5. The van der Waals surface area contributed by atoms with Gasteiger partial charge in [0.1, 0.15) is 0 Å². The Kier molecular flexibility index (Phi) is 6.91. The molecule has 2 N–H and O–H groups in total. The number of urea groups is 1. The fourth-order valence-electron chi connectivity index (χ4n) is 2.77. The predicted octanol–water partition coefficient (Wildman–Crippen LogP) is 2.67. The zero-order valence-corrected chi connectivity index (χ0v) is 13.9. The van der Waals surface area contributed by atoms with Crippen LogP contribution in [0.25, 0.3) is 0 Å². The van der Waals surface area contributed by atoms with E-state index in [4.69, 9.17) is 0 Å². The summed E-state index contributed by atoms with van der Waals surface area (Å²) in [5.74, 6) is 0.249. The number of benzene rings is 1. The Morgan fingerprint density at radius 3 is 2.52 bits per heavy atom. The Labute approximate surface area is 138 Å². The van der Waals surface area contributed by atoms with Crippen LogP contribution in [-0.2, 0) is 11.3 Å². The number of amides is 3. The van der Waals surface area contributed by atoms with Crippen LogP contribution < -0.4 is 10.6 Å². The van der Waals surface area contributed by atoms with Gasteiger partial charge in [0.15, 0.2) is 0 Å². The largest absolute Gasteiger partial charge is 0.343 e. The molecular weight excluding hydrogens is 290 g/mol. The first-order chi connectivity index (χ1) is 11.2. The maximum atomic E-state index is 12.0. The van der Waals surface area contributed by atoms with Crippen molar-refractivity contribution in [1.29, 1.82) is 0 Å². The molecule has 5 heteroatoms. The van der Waals surface area contributed by atoms with Gasteiger partial charge in [0.25, 0.3) is 0 Å². The first-order valence-corrected chi connectivity index (χ1v) is 8.55. The Balaban J connectivity index is 1.65. The van der Waals surface area contributed by atoms with Gasteiger partial charge in [-0.1, -0.05) is 43.7 Å². The molecule has 3 amide bonds. The van der Waals surface area contributed by atoms with Gasteiger partial charge in [0.05, 0.1) is 0 Å². The van der Waals surface area contributed by atoms with Gasteiger partial charge in [-0.15, -0.1) is 0 Å². The van der Waals surface area contributed by atoms with Gasteiger partial charge in [-0.05, 0) is 24.8 Å². The quantitative estimate of drug-likeness (QED) is 0.847. The van der Waals surface area contributed by atoms with Crippen LogP contribution in [0.15, 0.2) is 30.3 Å². The van der Waals surface area contributed by atoms with E-state index in [2.05, 4.69) is 17.6 Å². The molecule has 1 aliphatic rings. The van der Waals surface area contributed by atoms with E-state index in [0.717, 1.165) is 44.3 Å². The van der Waals surface area contributed by atoms with E-state index in [1.807, 2.05) is 35.2 Å². The van der Waals surface area contributed by atoms with Gasteiger partial charge in [0.2, 0.25) is 5.91 Å². The van der Waals surface area contributed by atoms with Crippen LogP contribution in [0.5, 0.6) is 0 Å². The van der Waals surface area contributed by atoms with E-state index in [-0.39, 0.29) is 18.0 Å². The minimum atomic E-state index is -0.135. The fourth-order valence-corrected chi connectivity index (χ4v) is 2.77. The summed E-state index contributed by atoms with van der Waals surface area (Å²) in [5, 5.41) is 5.88. The molecule has 1 aliphatic heterocycles.